The Kier molecular flexibility index (Phi) is 8.02. The summed E-state index contributed by atoms with van der Waals surface area (Å²) < 4.78 is 51.9. The van der Waals surface area contributed by atoms with Crippen LogP contribution in [0.1, 0.15) is 61.2 Å². The number of hydrogen-bond acceptors (Lipinski definition) is 8. The van der Waals surface area contributed by atoms with Gasteiger partial charge in [0, 0.05) is 41.7 Å². The summed E-state index contributed by atoms with van der Waals surface area (Å²) in [6.45, 7) is 0.599. The Balaban J connectivity index is 1.34. The van der Waals surface area contributed by atoms with Crippen LogP contribution in [0.25, 0.3) is 22.2 Å². The van der Waals surface area contributed by atoms with Crippen LogP contribution < -0.4 is 10.1 Å². The minimum atomic E-state index is -3.02. The van der Waals surface area contributed by atoms with Crippen molar-refractivity contribution in [2.75, 3.05) is 0 Å². The maximum absolute atomic E-state index is 15.2. The molecule has 224 valence electrons. The van der Waals surface area contributed by atoms with E-state index >= 15 is 4.39 Å². The van der Waals surface area contributed by atoms with Gasteiger partial charge in [0.15, 0.2) is 11.4 Å². The number of nitrogens with zero attached hydrogens (tertiary/aromatic N) is 4. The number of carbonyl (C=O) groups is 3. The van der Waals surface area contributed by atoms with E-state index < -0.39 is 41.9 Å². The third-order valence-electron chi connectivity index (χ3n) is 6.86. The number of carboxylic acid groups (broad SMARTS) is 1. The Morgan fingerprint density at radius 1 is 1.14 bits per heavy atom. The number of fused-ring (bicyclic) bond motifs is 3. The number of nitrogens with one attached hydrogen (secondary N) is 1. The SMILES string of the molecule is CC(C)(OC(=O)CCC(=O)O)c1ncc(-c2cc3c(cc2F)nc2n3CC[C@H]2NC(=O)c2cccc(OC(F)F)c2)cn1. The zero-order valence-electron chi connectivity index (χ0n) is 23.0. The van der Waals surface area contributed by atoms with Gasteiger partial charge in [-0.1, -0.05) is 6.07 Å². The van der Waals surface area contributed by atoms with Crippen LogP contribution in [0.15, 0.2) is 48.8 Å². The Bertz CT molecular complexity index is 1710. The summed E-state index contributed by atoms with van der Waals surface area (Å²) >= 11 is 0. The topological polar surface area (TPSA) is 146 Å². The molecular formula is C29H26F3N5O6. The van der Waals surface area contributed by atoms with E-state index in [1.807, 2.05) is 4.57 Å². The summed E-state index contributed by atoms with van der Waals surface area (Å²) in [5.41, 5.74) is 0.478. The summed E-state index contributed by atoms with van der Waals surface area (Å²) in [6, 6.07) is 7.86. The van der Waals surface area contributed by atoms with Gasteiger partial charge < -0.3 is 24.5 Å². The molecule has 1 amide bonds. The minimum Gasteiger partial charge on any atom is -0.481 e. The molecule has 0 unspecified atom stereocenters. The highest BCUT2D eigenvalue weighted by Gasteiger charge is 2.31. The van der Waals surface area contributed by atoms with Gasteiger partial charge in [-0.3, -0.25) is 14.4 Å². The molecule has 0 fully saturated rings. The van der Waals surface area contributed by atoms with Gasteiger partial charge in [-0.15, -0.1) is 0 Å². The summed E-state index contributed by atoms with van der Waals surface area (Å²) in [7, 11) is 0. The molecule has 3 heterocycles. The minimum absolute atomic E-state index is 0.137. The van der Waals surface area contributed by atoms with Gasteiger partial charge in [0.25, 0.3) is 5.91 Å². The second kappa shape index (κ2) is 11.7. The number of aryl methyl sites for hydroxylation is 1. The fraction of sp³-hybridized carbons (Fsp3) is 0.310. The molecule has 0 saturated heterocycles. The first-order valence-electron chi connectivity index (χ1n) is 13.2. The molecule has 0 bridgehead atoms. The van der Waals surface area contributed by atoms with Crippen molar-refractivity contribution in [1.29, 1.82) is 0 Å². The monoisotopic (exact) mass is 597 g/mol. The van der Waals surface area contributed by atoms with Crippen LogP contribution in [-0.2, 0) is 26.5 Å². The van der Waals surface area contributed by atoms with Gasteiger partial charge in [0.2, 0.25) is 0 Å². The van der Waals surface area contributed by atoms with E-state index in [1.165, 1.54) is 42.7 Å². The van der Waals surface area contributed by atoms with E-state index in [0.29, 0.717) is 35.4 Å². The third-order valence-corrected chi connectivity index (χ3v) is 6.86. The van der Waals surface area contributed by atoms with E-state index in [-0.39, 0.29) is 35.5 Å². The Labute approximate surface area is 242 Å². The van der Waals surface area contributed by atoms with E-state index in [1.54, 1.807) is 19.9 Å². The first-order valence-corrected chi connectivity index (χ1v) is 13.2. The molecule has 0 radical (unpaired) electrons. The van der Waals surface area contributed by atoms with Crippen molar-refractivity contribution in [2.24, 2.45) is 0 Å². The van der Waals surface area contributed by atoms with E-state index in [4.69, 9.17) is 9.84 Å². The van der Waals surface area contributed by atoms with Crippen molar-refractivity contribution in [3.63, 3.8) is 0 Å². The third kappa shape index (κ3) is 6.42. The van der Waals surface area contributed by atoms with Gasteiger partial charge in [-0.05, 0) is 44.5 Å². The summed E-state index contributed by atoms with van der Waals surface area (Å²) in [4.78, 5) is 48.6. The molecule has 1 atom stereocenters. The molecule has 14 heteroatoms. The number of imidazole rings is 1. The molecule has 0 spiro atoms. The number of ether oxygens (including phenoxy) is 2. The number of benzene rings is 2. The molecule has 1 aliphatic heterocycles. The second-order valence-electron chi connectivity index (χ2n) is 10.3. The van der Waals surface area contributed by atoms with Gasteiger partial charge in [-0.25, -0.2) is 19.3 Å². The largest absolute Gasteiger partial charge is 0.481 e. The molecule has 0 aliphatic carbocycles. The molecule has 2 N–H and O–H groups in total. The smallest absolute Gasteiger partial charge is 0.387 e. The normalized spacial score (nSPS) is 14.5. The molecular weight excluding hydrogens is 571 g/mol. The maximum Gasteiger partial charge on any atom is 0.387 e. The van der Waals surface area contributed by atoms with Crippen LogP contribution in [0, 0.1) is 5.82 Å². The highest BCUT2D eigenvalue weighted by molar-refractivity contribution is 5.95. The van der Waals surface area contributed by atoms with Crippen LogP contribution in [0.5, 0.6) is 5.75 Å². The second-order valence-corrected chi connectivity index (χ2v) is 10.3. The van der Waals surface area contributed by atoms with Crippen molar-refractivity contribution in [1.82, 2.24) is 24.8 Å². The van der Waals surface area contributed by atoms with Crippen molar-refractivity contribution < 1.29 is 42.1 Å². The average Bonchev–Trinajstić information content (AvgIpc) is 3.50. The molecule has 5 rings (SSSR count). The summed E-state index contributed by atoms with van der Waals surface area (Å²) in [5.74, 6) is -2.36. The lowest BCUT2D eigenvalue weighted by molar-refractivity contribution is -0.160. The number of amides is 1. The molecule has 2 aromatic carbocycles. The number of halogens is 3. The van der Waals surface area contributed by atoms with Crippen LogP contribution >= 0.6 is 0 Å². The van der Waals surface area contributed by atoms with E-state index in [2.05, 4.69) is 25.0 Å². The van der Waals surface area contributed by atoms with Crippen LogP contribution in [-0.4, -0.2) is 49.1 Å². The molecule has 4 aromatic rings. The molecule has 2 aromatic heterocycles. The predicted molar refractivity (Wildman–Crippen MR) is 145 cm³/mol. The van der Waals surface area contributed by atoms with Crippen LogP contribution in [0.4, 0.5) is 13.2 Å². The quantitative estimate of drug-likeness (QED) is 0.247. The van der Waals surface area contributed by atoms with E-state index in [9.17, 15) is 23.2 Å². The average molecular weight is 598 g/mol. The summed E-state index contributed by atoms with van der Waals surface area (Å²) in [5, 5.41) is 11.6. The number of hydrogen-bond donors (Lipinski definition) is 2. The highest BCUT2D eigenvalue weighted by Crippen LogP contribution is 2.34. The Morgan fingerprint density at radius 3 is 2.58 bits per heavy atom. The molecule has 11 nitrogen and oxygen atoms in total. The fourth-order valence-corrected chi connectivity index (χ4v) is 4.83. The first-order chi connectivity index (χ1) is 20.4. The number of carbonyl (C=O) groups excluding carboxylic acids is 2. The van der Waals surface area contributed by atoms with Gasteiger partial charge in [-0.2, -0.15) is 8.78 Å². The highest BCUT2D eigenvalue weighted by atomic mass is 19.3. The number of aromatic nitrogens is 4. The lowest BCUT2D eigenvalue weighted by atomic mass is 10.1. The zero-order chi connectivity index (χ0) is 30.9. The predicted octanol–water partition coefficient (Wildman–Crippen LogP) is 4.75. The lowest BCUT2D eigenvalue weighted by Gasteiger charge is -2.23. The summed E-state index contributed by atoms with van der Waals surface area (Å²) in [6.07, 6.45) is 2.65. The fourth-order valence-electron chi connectivity index (χ4n) is 4.83. The first kappa shape index (κ1) is 29.5. The van der Waals surface area contributed by atoms with Crippen molar-refractivity contribution in [2.45, 2.75) is 57.9 Å². The van der Waals surface area contributed by atoms with Crippen molar-refractivity contribution in [3.05, 3.63) is 71.8 Å². The van der Waals surface area contributed by atoms with Crippen molar-refractivity contribution in [3.8, 4) is 16.9 Å². The van der Waals surface area contributed by atoms with Crippen LogP contribution in [0.3, 0.4) is 0 Å². The molecule has 1 aliphatic rings. The zero-order valence-corrected chi connectivity index (χ0v) is 23.0. The van der Waals surface area contributed by atoms with Gasteiger partial charge in [0.05, 0.1) is 29.9 Å². The number of esters is 1. The molecule has 0 saturated carbocycles. The number of carboxylic acids is 1. The van der Waals surface area contributed by atoms with E-state index in [0.717, 1.165) is 0 Å². The Morgan fingerprint density at radius 2 is 1.88 bits per heavy atom. The lowest BCUT2D eigenvalue weighted by Crippen LogP contribution is -2.28. The maximum atomic E-state index is 15.2. The number of rotatable bonds is 10. The number of alkyl halides is 2. The number of aliphatic carboxylic acids is 1. The Hall–Kier alpha value is -5.01. The van der Waals surface area contributed by atoms with Gasteiger partial charge >= 0.3 is 18.6 Å². The van der Waals surface area contributed by atoms with Crippen molar-refractivity contribution >= 4 is 28.9 Å². The van der Waals surface area contributed by atoms with Crippen LogP contribution in [0.2, 0.25) is 0 Å². The standard InChI is InChI=1S/C29H26F3N5O6/c1-29(2,43-24(40)7-6-23(38)39)27-33-13-16(14-34-27)18-11-22-21(12-19(18)30)35-25-20(8-9-37(22)25)36-26(41)15-4-3-5-17(10-15)42-28(31)32/h3-5,10-14,20,28H,6-9H2,1-2H3,(H,36,41)(H,38,39)/t20-/m1/s1. The molecule has 43 heavy (non-hydrogen) atoms. The van der Waals surface area contributed by atoms with Gasteiger partial charge in [0.1, 0.15) is 17.4 Å².